The van der Waals surface area contributed by atoms with Crippen molar-refractivity contribution in [1.82, 2.24) is 5.32 Å². The van der Waals surface area contributed by atoms with Crippen LogP contribution < -0.4 is 5.32 Å². The van der Waals surface area contributed by atoms with Crippen LogP contribution in [0.25, 0.3) is 0 Å². The summed E-state index contributed by atoms with van der Waals surface area (Å²) in [6, 6.07) is 4.58. The fourth-order valence-corrected chi connectivity index (χ4v) is 2.49. The van der Waals surface area contributed by atoms with Crippen molar-refractivity contribution >= 4 is 5.91 Å². The maximum Gasteiger partial charge on any atom is 0.255 e. The molecule has 0 saturated heterocycles. The molecule has 2 rings (SSSR count). The number of hydrogen-bond donors (Lipinski definition) is 3. The first-order valence-electron chi connectivity index (χ1n) is 6.41. The SMILES string of the molecule is CC1CCCCC1NC(=O)c1cccc(O)c1O. The normalized spacial score (nSPS) is 23.6. The number of phenols is 2. The van der Waals surface area contributed by atoms with E-state index >= 15 is 0 Å². The fourth-order valence-electron chi connectivity index (χ4n) is 2.49. The molecular weight excluding hydrogens is 230 g/mol. The van der Waals surface area contributed by atoms with E-state index in [9.17, 15) is 15.0 Å². The van der Waals surface area contributed by atoms with E-state index in [-0.39, 0.29) is 29.0 Å². The van der Waals surface area contributed by atoms with Crippen LogP contribution in [0.3, 0.4) is 0 Å². The highest BCUT2D eigenvalue weighted by atomic mass is 16.3. The topological polar surface area (TPSA) is 69.6 Å². The number of carbonyl (C=O) groups is 1. The third-order valence-corrected chi connectivity index (χ3v) is 3.69. The molecule has 2 unspecified atom stereocenters. The Morgan fingerprint density at radius 1 is 1.28 bits per heavy atom. The number of benzene rings is 1. The zero-order chi connectivity index (χ0) is 13.1. The number of carbonyl (C=O) groups excluding carboxylic acids is 1. The lowest BCUT2D eigenvalue weighted by atomic mass is 9.86. The van der Waals surface area contributed by atoms with Gasteiger partial charge in [-0.25, -0.2) is 0 Å². The number of rotatable bonds is 2. The first-order valence-corrected chi connectivity index (χ1v) is 6.41. The smallest absolute Gasteiger partial charge is 0.255 e. The van der Waals surface area contributed by atoms with Gasteiger partial charge >= 0.3 is 0 Å². The predicted octanol–water partition coefficient (Wildman–Crippen LogP) is 2.41. The van der Waals surface area contributed by atoms with Gasteiger partial charge in [0.05, 0.1) is 5.56 Å². The van der Waals surface area contributed by atoms with Crippen LogP contribution in [0.1, 0.15) is 43.0 Å². The maximum absolute atomic E-state index is 12.0. The van der Waals surface area contributed by atoms with E-state index in [1.807, 2.05) is 0 Å². The minimum atomic E-state index is -0.349. The summed E-state index contributed by atoms with van der Waals surface area (Å²) in [6.45, 7) is 2.13. The van der Waals surface area contributed by atoms with E-state index in [0.29, 0.717) is 5.92 Å². The lowest BCUT2D eigenvalue weighted by Gasteiger charge is -2.29. The van der Waals surface area contributed by atoms with Gasteiger partial charge in [-0.2, -0.15) is 0 Å². The molecule has 1 fully saturated rings. The van der Waals surface area contributed by atoms with E-state index in [1.165, 1.54) is 18.6 Å². The zero-order valence-corrected chi connectivity index (χ0v) is 10.5. The second-order valence-corrected chi connectivity index (χ2v) is 5.02. The van der Waals surface area contributed by atoms with Crippen LogP contribution in [0.5, 0.6) is 11.5 Å². The Labute approximate surface area is 107 Å². The Balaban J connectivity index is 2.09. The van der Waals surface area contributed by atoms with Crippen molar-refractivity contribution in [3.63, 3.8) is 0 Å². The number of para-hydroxylation sites is 1. The van der Waals surface area contributed by atoms with E-state index in [4.69, 9.17) is 0 Å². The quantitative estimate of drug-likeness (QED) is 0.705. The molecule has 0 spiro atoms. The number of nitrogens with one attached hydrogen (secondary N) is 1. The second-order valence-electron chi connectivity index (χ2n) is 5.02. The Hall–Kier alpha value is -1.71. The molecule has 3 N–H and O–H groups in total. The van der Waals surface area contributed by atoms with Crippen molar-refractivity contribution in [1.29, 1.82) is 0 Å². The number of amides is 1. The van der Waals surface area contributed by atoms with Crippen molar-refractivity contribution < 1.29 is 15.0 Å². The summed E-state index contributed by atoms with van der Waals surface area (Å²) in [4.78, 5) is 12.0. The second kappa shape index (κ2) is 5.29. The summed E-state index contributed by atoms with van der Waals surface area (Å²) in [7, 11) is 0. The molecular formula is C14H19NO3. The van der Waals surface area contributed by atoms with Crippen LogP contribution in [0, 0.1) is 5.92 Å². The van der Waals surface area contributed by atoms with Crippen LogP contribution in [-0.2, 0) is 0 Å². The molecule has 0 aromatic heterocycles. The molecule has 0 radical (unpaired) electrons. The molecule has 0 aliphatic heterocycles. The van der Waals surface area contributed by atoms with Crippen LogP contribution in [0.2, 0.25) is 0 Å². The molecule has 1 aliphatic rings. The van der Waals surface area contributed by atoms with Crippen LogP contribution >= 0.6 is 0 Å². The highest BCUT2D eigenvalue weighted by molar-refractivity contribution is 5.97. The third-order valence-electron chi connectivity index (χ3n) is 3.69. The van der Waals surface area contributed by atoms with Gasteiger partial charge in [-0.05, 0) is 30.9 Å². The van der Waals surface area contributed by atoms with Crippen LogP contribution in [0.4, 0.5) is 0 Å². The molecule has 1 aliphatic carbocycles. The number of aromatic hydroxyl groups is 2. The molecule has 0 bridgehead atoms. The minimum absolute atomic E-state index is 0.132. The standard InChI is InChI=1S/C14H19NO3/c1-9-5-2-3-7-11(9)15-14(18)10-6-4-8-12(16)13(10)17/h4,6,8-9,11,16-17H,2-3,5,7H2,1H3,(H,15,18). The molecule has 4 nitrogen and oxygen atoms in total. The highest BCUT2D eigenvalue weighted by Gasteiger charge is 2.24. The van der Waals surface area contributed by atoms with Gasteiger partial charge in [-0.15, -0.1) is 0 Å². The Morgan fingerprint density at radius 3 is 2.72 bits per heavy atom. The summed E-state index contributed by atoms with van der Waals surface area (Å²) >= 11 is 0. The average molecular weight is 249 g/mol. The summed E-state index contributed by atoms with van der Waals surface area (Å²) in [6.07, 6.45) is 4.44. The molecule has 1 saturated carbocycles. The van der Waals surface area contributed by atoms with Crippen molar-refractivity contribution in [3.8, 4) is 11.5 Å². The summed E-state index contributed by atoms with van der Waals surface area (Å²) < 4.78 is 0. The van der Waals surface area contributed by atoms with Gasteiger partial charge in [-0.3, -0.25) is 4.79 Å². The molecule has 1 aromatic rings. The Kier molecular flexibility index (Phi) is 3.75. The number of phenolic OH excluding ortho intramolecular Hbond substituents is 2. The summed E-state index contributed by atoms with van der Waals surface area (Å²) in [5.74, 6) is -0.470. The maximum atomic E-state index is 12.0. The molecule has 1 amide bonds. The van der Waals surface area contributed by atoms with E-state index in [2.05, 4.69) is 12.2 Å². The average Bonchev–Trinajstić information content (AvgIpc) is 2.35. The Bertz CT molecular complexity index is 445. The molecule has 98 valence electrons. The molecule has 4 heteroatoms. The van der Waals surface area contributed by atoms with Crippen molar-refractivity contribution in [3.05, 3.63) is 23.8 Å². The largest absolute Gasteiger partial charge is 0.504 e. The van der Waals surface area contributed by atoms with E-state index < -0.39 is 0 Å². The first-order chi connectivity index (χ1) is 8.59. The minimum Gasteiger partial charge on any atom is -0.504 e. The predicted molar refractivity (Wildman–Crippen MR) is 68.7 cm³/mol. The summed E-state index contributed by atoms with van der Waals surface area (Å²) in [5, 5.41) is 22.0. The third kappa shape index (κ3) is 2.58. The lowest BCUT2D eigenvalue weighted by Crippen LogP contribution is -2.41. The first kappa shape index (κ1) is 12.7. The van der Waals surface area contributed by atoms with Gasteiger partial charge in [0.25, 0.3) is 5.91 Å². The van der Waals surface area contributed by atoms with Gasteiger partial charge in [0.2, 0.25) is 0 Å². The van der Waals surface area contributed by atoms with Gasteiger partial charge in [0, 0.05) is 6.04 Å². The van der Waals surface area contributed by atoms with E-state index in [1.54, 1.807) is 6.07 Å². The number of hydrogen-bond acceptors (Lipinski definition) is 3. The van der Waals surface area contributed by atoms with Crippen LogP contribution in [-0.4, -0.2) is 22.2 Å². The van der Waals surface area contributed by atoms with Gasteiger partial charge in [0.15, 0.2) is 11.5 Å². The molecule has 1 aromatic carbocycles. The lowest BCUT2D eigenvalue weighted by molar-refractivity contribution is 0.0907. The monoisotopic (exact) mass is 249 g/mol. The highest BCUT2D eigenvalue weighted by Crippen LogP contribution is 2.29. The molecule has 18 heavy (non-hydrogen) atoms. The summed E-state index contributed by atoms with van der Waals surface area (Å²) in [5.41, 5.74) is 0.132. The van der Waals surface area contributed by atoms with Crippen molar-refractivity contribution in [2.75, 3.05) is 0 Å². The Morgan fingerprint density at radius 2 is 2.00 bits per heavy atom. The fraction of sp³-hybridized carbons (Fsp3) is 0.500. The van der Waals surface area contributed by atoms with Gasteiger partial charge < -0.3 is 15.5 Å². The van der Waals surface area contributed by atoms with Crippen molar-refractivity contribution in [2.45, 2.75) is 38.6 Å². The molecule has 0 heterocycles. The van der Waals surface area contributed by atoms with Crippen LogP contribution in [0.15, 0.2) is 18.2 Å². The van der Waals surface area contributed by atoms with E-state index in [0.717, 1.165) is 19.3 Å². The zero-order valence-electron chi connectivity index (χ0n) is 10.5. The van der Waals surface area contributed by atoms with Gasteiger partial charge in [-0.1, -0.05) is 25.8 Å². The van der Waals surface area contributed by atoms with Gasteiger partial charge in [0.1, 0.15) is 0 Å². The van der Waals surface area contributed by atoms with Crippen molar-refractivity contribution in [2.24, 2.45) is 5.92 Å². The molecule has 2 atom stereocenters.